The summed E-state index contributed by atoms with van der Waals surface area (Å²) >= 11 is 2.97. The van der Waals surface area contributed by atoms with Crippen molar-refractivity contribution in [1.29, 1.82) is 0 Å². The van der Waals surface area contributed by atoms with Crippen LogP contribution in [0.4, 0.5) is 0 Å². The predicted molar refractivity (Wildman–Crippen MR) is 41.3 cm³/mol. The Morgan fingerprint density at radius 2 is 1.33 bits per heavy atom. The summed E-state index contributed by atoms with van der Waals surface area (Å²) in [4.78, 5) is 0. The van der Waals surface area contributed by atoms with Crippen LogP contribution < -0.4 is 0 Å². The Morgan fingerprint density at radius 1 is 0.944 bits per heavy atom. The molecular formula is C8H12OW9. The zero-order chi connectivity index (χ0) is 8.69. The monoisotopic (exact) mass is 1780 g/mol. The number of allylic oxidation sites excluding steroid dienone is 1. The smallest absolute Gasteiger partial charge is 0 e. The van der Waals surface area contributed by atoms with Gasteiger partial charge >= 0.3 is 90.5 Å². The molecule has 0 amide bonds. The molecule has 0 aliphatic rings. The Hall–Kier alpha value is 5.63. The molecule has 18 heavy (non-hydrogen) atoms. The van der Waals surface area contributed by atoms with E-state index >= 15 is 0 Å². The zero-order valence-corrected chi connectivity index (χ0v) is 36.0. The molecule has 0 aliphatic heterocycles. The van der Waals surface area contributed by atoms with Gasteiger partial charge in [0.05, 0.1) is 0 Å². The Morgan fingerprint density at radius 3 is 1.56 bits per heavy atom. The van der Waals surface area contributed by atoms with Gasteiger partial charge in [-0.1, -0.05) is 0 Å². The minimum atomic E-state index is 0. The Labute approximate surface area is 233 Å². The third kappa shape index (κ3) is 37.7. The molecule has 0 aromatic heterocycles. The normalized spacial score (nSPS) is 7.17. The molecule has 0 radical (unpaired) electrons. The molecule has 0 heterocycles. The van der Waals surface area contributed by atoms with E-state index in [1.165, 1.54) is 44.3 Å². The molecule has 0 bridgehead atoms. The fourth-order valence-corrected chi connectivity index (χ4v) is 1.63. The first-order valence-corrected chi connectivity index (χ1v) is 6.80. The Balaban J connectivity index is -0.0000000238. The van der Waals surface area contributed by atoms with Gasteiger partial charge in [0.25, 0.3) is 0 Å². The van der Waals surface area contributed by atoms with E-state index in [4.69, 9.17) is 4.74 Å². The maximum Gasteiger partial charge on any atom is 0 e. The molecule has 0 aromatic carbocycles. The van der Waals surface area contributed by atoms with Crippen LogP contribution in [0.15, 0.2) is 11.6 Å². The van der Waals surface area contributed by atoms with E-state index in [0.717, 1.165) is 6.61 Å². The first-order valence-electron chi connectivity index (χ1n) is 3.41. The summed E-state index contributed by atoms with van der Waals surface area (Å²) in [6.45, 7) is 4.87. The van der Waals surface area contributed by atoms with Gasteiger partial charge in [-0.05, 0) is 0 Å². The van der Waals surface area contributed by atoms with Crippen molar-refractivity contribution < 1.29 is 191 Å². The van der Waals surface area contributed by atoms with Crippen LogP contribution in [0.2, 0.25) is 0 Å². The molecule has 1 nitrogen and oxygen atoms in total. The van der Waals surface area contributed by atoms with Gasteiger partial charge < -0.3 is 0 Å². The topological polar surface area (TPSA) is 9.23 Å². The SMILES string of the molecule is CC(C)OC/C([CH]=[W])=C/[CH]=[W].[W].[W].[W].[W].[W].[W].[W]. The maximum absolute atomic E-state index is 5.45. The van der Waals surface area contributed by atoms with Crippen molar-refractivity contribution in [2.45, 2.75) is 20.0 Å². The Kier molecular flexibility index (Phi) is 105. The summed E-state index contributed by atoms with van der Waals surface area (Å²) < 4.78 is 9.74. The quantitative estimate of drug-likeness (QED) is 0.401. The minimum absolute atomic E-state index is 0. The minimum Gasteiger partial charge on any atom is 0 e. The van der Waals surface area contributed by atoms with Crippen LogP contribution in [0, 0.1) is 0 Å². The summed E-state index contributed by atoms with van der Waals surface area (Å²) in [6.07, 6.45) is 2.46. The van der Waals surface area contributed by atoms with Crippen LogP contribution in [0.3, 0.4) is 0 Å². The zero-order valence-electron chi connectivity index (χ0n) is 9.60. The first-order chi connectivity index (χ1) is 5.20. The molecular weight excluding hydrogens is 1770 g/mol. The van der Waals surface area contributed by atoms with Crippen LogP contribution in [-0.2, 0) is 191 Å². The number of rotatable bonds is 5. The molecule has 0 atom stereocenters. The van der Waals surface area contributed by atoms with Crippen molar-refractivity contribution in [3.8, 4) is 0 Å². The van der Waals surface area contributed by atoms with Crippen LogP contribution in [0.25, 0.3) is 0 Å². The number of ether oxygens (including phenoxy) is 1. The summed E-state index contributed by atoms with van der Waals surface area (Å²) in [5, 5.41) is 0. The predicted octanol–water partition coefficient (Wildman–Crippen LogP) is 1.02. The standard InChI is InChI=1S/C8H12O.9W/c1-5-8(4)6-9-7(2)3;;;;;;;;;/h1,4-5,7H,6H2,2-3H3;;;;;;;;;/b8-5+;;;;;;;;;. The number of hydrogen-bond donors (Lipinski definition) is 0. The van der Waals surface area contributed by atoms with Gasteiger partial charge in [0.1, 0.15) is 0 Å². The fourth-order valence-electron chi connectivity index (χ4n) is 0.472. The molecule has 0 saturated heterocycles. The molecule has 104 valence electrons. The van der Waals surface area contributed by atoms with Gasteiger partial charge in [-0.15, -0.1) is 0 Å². The molecule has 0 aromatic rings. The largest absolute Gasteiger partial charge is 0 e. The average Bonchev–Trinajstić information content (AvgIpc) is 1.97. The van der Waals surface area contributed by atoms with Gasteiger partial charge in [-0.25, -0.2) is 0 Å². The van der Waals surface area contributed by atoms with Crippen molar-refractivity contribution in [2.75, 3.05) is 6.61 Å². The van der Waals surface area contributed by atoms with Crippen molar-refractivity contribution in [2.24, 2.45) is 0 Å². The first kappa shape index (κ1) is 49.5. The summed E-state index contributed by atoms with van der Waals surface area (Å²) in [5.41, 5.74) is 1.30. The van der Waals surface area contributed by atoms with Gasteiger partial charge in [0.2, 0.25) is 0 Å². The second-order valence-electron chi connectivity index (χ2n) is 2.36. The summed E-state index contributed by atoms with van der Waals surface area (Å²) in [7, 11) is 0. The van der Waals surface area contributed by atoms with E-state index < -0.39 is 0 Å². The van der Waals surface area contributed by atoms with Crippen molar-refractivity contribution in [3.05, 3.63) is 11.6 Å². The molecule has 0 aliphatic carbocycles. The van der Waals surface area contributed by atoms with E-state index in [0.29, 0.717) is 6.10 Å². The van der Waals surface area contributed by atoms with Crippen molar-refractivity contribution in [3.63, 3.8) is 0 Å². The number of hydrogen-bond acceptors (Lipinski definition) is 1. The summed E-state index contributed by atoms with van der Waals surface area (Å²) in [6, 6.07) is 0. The van der Waals surface area contributed by atoms with Gasteiger partial charge in [-0.2, -0.15) is 0 Å². The van der Waals surface area contributed by atoms with Crippen LogP contribution in [-0.4, -0.2) is 21.5 Å². The van der Waals surface area contributed by atoms with E-state index in [1.807, 2.05) is 0 Å². The molecule has 10 heteroatoms. The van der Waals surface area contributed by atoms with E-state index in [1.54, 1.807) is 0 Å². The van der Waals surface area contributed by atoms with E-state index in [9.17, 15) is 0 Å². The second kappa shape index (κ2) is 38.3. The molecule has 0 rings (SSSR count). The molecule has 0 fully saturated rings. The maximum atomic E-state index is 5.45. The molecule has 0 N–H and O–H groups in total. The van der Waals surface area contributed by atoms with Crippen LogP contribution in [0.1, 0.15) is 13.8 Å². The average molecular weight is 1780 g/mol. The van der Waals surface area contributed by atoms with Gasteiger partial charge in [0, 0.05) is 147 Å². The van der Waals surface area contributed by atoms with Crippen LogP contribution >= 0.6 is 0 Å². The van der Waals surface area contributed by atoms with Gasteiger partial charge in [0.15, 0.2) is 0 Å². The second-order valence-corrected chi connectivity index (χ2v) is 4.18. The van der Waals surface area contributed by atoms with Crippen LogP contribution in [0.5, 0.6) is 0 Å². The van der Waals surface area contributed by atoms with Crippen molar-refractivity contribution in [1.82, 2.24) is 0 Å². The fraction of sp³-hybridized carbons (Fsp3) is 0.500. The summed E-state index contributed by atoms with van der Waals surface area (Å²) in [5.74, 6) is 0. The third-order valence-corrected chi connectivity index (χ3v) is 2.59. The Bertz CT molecular complexity index is 172. The van der Waals surface area contributed by atoms with Gasteiger partial charge in [-0.3, -0.25) is 0 Å². The van der Waals surface area contributed by atoms with E-state index in [-0.39, 0.29) is 147 Å². The van der Waals surface area contributed by atoms with E-state index in [2.05, 4.69) is 28.7 Å². The molecule has 0 unspecified atom stereocenters. The molecule has 0 saturated carbocycles. The molecule has 0 spiro atoms. The van der Waals surface area contributed by atoms with Crippen molar-refractivity contribution >= 4 is 8.80 Å². The third-order valence-electron chi connectivity index (χ3n) is 1.02.